The highest BCUT2D eigenvalue weighted by molar-refractivity contribution is 5.92. The second-order valence-electron chi connectivity index (χ2n) is 9.34. The van der Waals surface area contributed by atoms with Crippen molar-refractivity contribution in [3.8, 4) is 0 Å². The van der Waals surface area contributed by atoms with Crippen molar-refractivity contribution in [2.45, 2.75) is 45.2 Å². The fourth-order valence-corrected chi connectivity index (χ4v) is 5.21. The van der Waals surface area contributed by atoms with Gasteiger partial charge in [0.15, 0.2) is 0 Å². The highest BCUT2D eigenvalue weighted by Crippen LogP contribution is 2.64. The predicted octanol–water partition coefficient (Wildman–Crippen LogP) is 1.10. The molecule has 2 amide bonds. The van der Waals surface area contributed by atoms with E-state index in [1.165, 1.54) is 4.90 Å². The molecule has 2 saturated heterocycles. The first-order valence-electron chi connectivity index (χ1n) is 10.6. The number of piperidine rings is 1. The van der Waals surface area contributed by atoms with Crippen LogP contribution in [-0.2, 0) is 25.5 Å². The van der Waals surface area contributed by atoms with Crippen molar-refractivity contribution < 1.29 is 24.2 Å². The molecule has 30 heavy (non-hydrogen) atoms. The van der Waals surface area contributed by atoms with Gasteiger partial charge in [-0.15, -0.1) is 0 Å². The number of aliphatic carboxylic acids is 1. The van der Waals surface area contributed by atoms with E-state index in [-0.39, 0.29) is 35.0 Å². The molecule has 162 valence electrons. The number of ether oxygens (including phenoxy) is 1. The first kappa shape index (κ1) is 20.8. The largest absolute Gasteiger partial charge is 0.480 e. The van der Waals surface area contributed by atoms with Gasteiger partial charge in [0, 0.05) is 50.9 Å². The first-order valence-corrected chi connectivity index (χ1v) is 10.6. The minimum Gasteiger partial charge on any atom is -0.480 e. The molecule has 1 saturated carbocycles. The summed E-state index contributed by atoms with van der Waals surface area (Å²) in [6, 6.07) is 1.97. The lowest BCUT2D eigenvalue weighted by atomic mass is 9.98. The number of fused-ring (bicyclic) bond motifs is 1. The summed E-state index contributed by atoms with van der Waals surface area (Å²) < 4.78 is 5.34. The van der Waals surface area contributed by atoms with Crippen LogP contribution in [0.2, 0.25) is 0 Å². The fourth-order valence-electron chi connectivity index (χ4n) is 5.21. The normalized spacial score (nSPS) is 29.9. The molecular weight excluding hydrogens is 386 g/mol. The van der Waals surface area contributed by atoms with E-state index in [1.54, 1.807) is 24.5 Å². The van der Waals surface area contributed by atoms with Crippen LogP contribution < -0.4 is 5.32 Å². The van der Waals surface area contributed by atoms with Crippen LogP contribution >= 0.6 is 0 Å². The lowest BCUT2D eigenvalue weighted by Gasteiger charge is -2.31. The van der Waals surface area contributed by atoms with Gasteiger partial charge in [-0.3, -0.25) is 14.6 Å². The minimum atomic E-state index is -0.974. The Morgan fingerprint density at radius 3 is 2.70 bits per heavy atom. The Balaban J connectivity index is 1.50. The Morgan fingerprint density at radius 1 is 1.33 bits per heavy atom. The molecular formula is C22H29N3O5. The Morgan fingerprint density at radius 2 is 2.07 bits per heavy atom. The van der Waals surface area contributed by atoms with Crippen molar-refractivity contribution in [1.82, 2.24) is 15.2 Å². The number of carboxylic acids is 1. The first-order chi connectivity index (χ1) is 14.3. The number of carbonyl (C=O) groups is 3. The molecule has 2 aliphatic heterocycles. The third kappa shape index (κ3) is 3.93. The number of nitrogens with zero attached hydrogens (tertiary/aromatic N) is 2. The summed E-state index contributed by atoms with van der Waals surface area (Å²) in [6.45, 7) is 5.75. The molecule has 8 heteroatoms. The molecule has 0 aromatic carbocycles. The quantitative estimate of drug-likeness (QED) is 0.690. The molecule has 4 unspecified atom stereocenters. The van der Waals surface area contributed by atoms with E-state index >= 15 is 0 Å². The predicted molar refractivity (Wildman–Crippen MR) is 107 cm³/mol. The molecule has 2 N–H and O–H groups in total. The Hall–Kier alpha value is -2.48. The van der Waals surface area contributed by atoms with E-state index in [0.29, 0.717) is 32.6 Å². The van der Waals surface area contributed by atoms with Gasteiger partial charge in [-0.05, 0) is 41.4 Å². The topological polar surface area (TPSA) is 109 Å². The number of carbonyl (C=O) groups excluding carboxylic acids is 2. The molecule has 5 atom stereocenters. The van der Waals surface area contributed by atoms with Gasteiger partial charge in [0.1, 0.15) is 12.1 Å². The van der Waals surface area contributed by atoms with Crippen LogP contribution in [0, 0.1) is 23.2 Å². The Bertz CT molecular complexity index is 821. The third-order valence-corrected chi connectivity index (χ3v) is 7.07. The molecule has 0 bridgehead atoms. The minimum absolute atomic E-state index is 0.0353. The molecule has 3 aliphatic rings. The molecule has 3 fully saturated rings. The van der Waals surface area contributed by atoms with Gasteiger partial charge in [0.25, 0.3) is 0 Å². The summed E-state index contributed by atoms with van der Waals surface area (Å²) >= 11 is 0. The van der Waals surface area contributed by atoms with Gasteiger partial charge in [-0.1, -0.05) is 13.8 Å². The average Bonchev–Trinajstić information content (AvgIpc) is 3.14. The zero-order valence-electron chi connectivity index (χ0n) is 17.4. The summed E-state index contributed by atoms with van der Waals surface area (Å²) in [6.07, 6.45) is 4.73. The summed E-state index contributed by atoms with van der Waals surface area (Å²) in [7, 11) is 0. The highest BCUT2D eigenvalue weighted by atomic mass is 16.5. The Labute approximate surface area is 176 Å². The van der Waals surface area contributed by atoms with E-state index in [4.69, 9.17) is 4.74 Å². The lowest BCUT2D eigenvalue weighted by Crippen LogP contribution is -2.54. The fraction of sp³-hybridized carbons (Fsp3) is 0.636. The lowest BCUT2D eigenvalue weighted by molar-refractivity contribution is -0.151. The van der Waals surface area contributed by atoms with Crippen molar-refractivity contribution in [2.24, 2.45) is 23.2 Å². The molecule has 1 aromatic heterocycles. The van der Waals surface area contributed by atoms with Crippen LogP contribution in [0.1, 0.15) is 32.3 Å². The number of hydrogen-bond donors (Lipinski definition) is 2. The molecule has 1 aliphatic carbocycles. The van der Waals surface area contributed by atoms with Crippen LogP contribution in [0.4, 0.5) is 0 Å². The standard InChI is InChI=1S/C22H29N3O5/c1-22(2)15-11-25(19(18(15)22)21(28)29)20(27)16(9-13-3-6-23-7-4-13)24-17(26)10-14-5-8-30-12-14/h3-4,6-7,14-16,18-19H,5,8-12H2,1-2H3,(H,24,26)(H,28,29)/t14-,15?,16?,18?,19?/m1/s1. The number of nitrogens with one attached hydrogen (secondary N) is 1. The van der Waals surface area contributed by atoms with Gasteiger partial charge in [0.05, 0.1) is 0 Å². The van der Waals surface area contributed by atoms with Gasteiger partial charge in [0.2, 0.25) is 11.8 Å². The van der Waals surface area contributed by atoms with Crippen molar-refractivity contribution >= 4 is 17.8 Å². The van der Waals surface area contributed by atoms with E-state index in [1.807, 2.05) is 0 Å². The molecule has 8 nitrogen and oxygen atoms in total. The maximum absolute atomic E-state index is 13.4. The van der Waals surface area contributed by atoms with Crippen molar-refractivity contribution in [3.05, 3.63) is 30.1 Å². The molecule has 3 heterocycles. The van der Waals surface area contributed by atoms with E-state index in [0.717, 1.165) is 12.0 Å². The monoisotopic (exact) mass is 415 g/mol. The second-order valence-corrected chi connectivity index (χ2v) is 9.34. The number of aromatic nitrogens is 1. The SMILES string of the molecule is CC1(C)C2CN(C(=O)C(Cc3ccncc3)NC(=O)C[C@H]3CCOC3)C(C(=O)O)C21. The van der Waals surface area contributed by atoms with Crippen LogP contribution in [0.15, 0.2) is 24.5 Å². The summed E-state index contributed by atoms with van der Waals surface area (Å²) in [4.78, 5) is 43.5. The average molecular weight is 415 g/mol. The zero-order valence-corrected chi connectivity index (χ0v) is 17.4. The van der Waals surface area contributed by atoms with Gasteiger partial charge >= 0.3 is 5.97 Å². The van der Waals surface area contributed by atoms with Gasteiger partial charge in [-0.25, -0.2) is 4.79 Å². The van der Waals surface area contributed by atoms with Crippen LogP contribution in [-0.4, -0.2) is 64.6 Å². The maximum atomic E-state index is 13.4. The Kier molecular flexibility index (Phi) is 5.53. The second kappa shape index (κ2) is 7.98. The van der Waals surface area contributed by atoms with Gasteiger partial charge < -0.3 is 20.1 Å². The summed E-state index contributed by atoms with van der Waals surface area (Å²) in [5.41, 5.74) is 0.802. The highest BCUT2D eigenvalue weighted by Gasteiger charge is 2.69. The van der Waals surface area contributed by atoms with E-state index in [2.05, 4.69) is 24.1 Å². The number of carboxylic acid groups (broad SMARTS) is 1. The third-order valence-electron chi connectivity index (χ3n) is 7.07. The maximum Gasteiger partial charge on any atom is 0.326 e. The van der Waals surface area contributed by atoms with Crippen LogP contribution in [0.25, 0.3) is 0 Å². The number of hydrogen-bond acceptors (Lipinski definition) is 5. The van der Waals surface area contributed by atoms with Crippen LogP contribution in [0.3, 0.4) is 0 Å². The number of pyridine rings is 1. The number of amides is 2. The van der Waals surface area contributed by atoms with Crippen LogP contribution in [0.5, 0.6) is 0 Å². The van der Waals surface area contributed by atoms with Crippen molar-refractivity contribution in [3.63, 3.8) is 0 Å². The van der Waals surface area contributed by atoms with Crippen molar-refractivity contribution in [2.75, 3.05) is 19.8 Å². The van der Waals surface area contributed by atoms with E-state index < -0.39 is 18.1 Å². The zero-order chi connectivity index (χ0) is 21.5. The summed E-state index contributed by atoms with van der Waals surface area (Å²) in [5.74, 6) is -1.18. The summed E-state index contributed by atoms with van der Waals surface area (Å²) in [5, 5.41) is 12.7. The molecule has 4 rings (SSSR count). The van der Waals surface area contributed by atoms with Gasteiger partial charge in [-0.2, -0.15) is 0 Å². The smallest absolute Gasteiger partial charge is 0.326 e. The number of likely N-dealkylation sites (tertiary alicyclic amines) is 1. The van der Waals surface area contributed by atoms with E-state index in [9.17, 15) is 19.5 Å². The van der Waals surface area contributed by atoms with Crippen molar-refractivity contribution in [1.29, 1.82) is 0 Å². The number of rotatable bonds is 7. The molecule has 0 radical (unpaired) electrons. The molecule has 1 aromatic rings. The molecule has 0 spiro atoms.